The molecule has 168 valence electrons. The minimum atomic E-state index is 0.604. The van der Waals surface area contributed by atoms with Crippen LogP contribution in [0.3, 0.4) is 0 Å². The summed E-state index contributed by atoms with van der Waals surface area (Å²) in [6.07, 6.45) is 7.36. The molecular formula is C33H31N. The first kappa shape index (κ1) is 21.0. The van der Waals surface area contributed by atoms with Crippen LogP contribution in [0.15, 0.2) is 103 Å². The van der Waals surface area contributed by atoms with Crippen molar-refractivity contribution in [3.05, 3.63) is 131 Å². The summed E-state index contributed by atoms with van der Waals surface area (Å²) >= 11 is 0. The first-order chi connectivity index (χ1) is 16.8. The van der Waals surface area contributed by atoms with E-state index in [1.165, 1.54) is 58.5 Å². The second kappa shape index (κ2) is 8.99. The van der Waals surface area contributed by atoms with Gasteiger partial charge in [-0.05, 0) is 76.9 Å². The monoisotopic (exact) mass is 441 g/mol. The highest BCUT2D eigenvalue weighted by Gasteiger charge is 2.41. The van der Waals surface area contributed by atoms with E-state index in [0.717, 1.165) is 6.42 Å². The van der Waals surface area contributed by atoms with Crippen LogP contribution in [0.25, 0.3) is 11.6 Å². The van der Waals surface area contributed by atoms with E-state index in [1.807, 2.05) is 0 Å². The lowest BCUT2D eigenvalue weighted by atomic mass is 9.95. The Morgan fingerprint density at radius 1 is 0.794 bits per heavy atom. The SMILES string of the molecule is CCc1ccc2c(c1)C1CCCC1N2c1ccc(C=C(c2ccccc2)c2ccccc2)cc1. The normalized spacial score (nSPS) is 18.4. The van der Waals surface area contributed by atoms with E-state index in [-0.39, 0.29) is 0 Å². The molecule has 0 saturated heterocycles. The molecule has 1 heteroatoms. The minimum absolute atomic E-state index is 0.604. The summed E-state index contributed by atoms with van der Waals surface area (Å²) in [5.41, 5.74) is 10.7. The van der Waals surface area contributed by atoms with E-state index in [4.69, 9.17) is 0 Å². The Balaban J connectivity index is 1.36. The molecule has 4 aromatic carbocycles. The van der Waals surface area contributed by atoms with Gasteiger partial charge in [-0.25, -0.2) is 0 Å². The van der Waals surface area contributed by atoms with Gasteiger partial charge in [-0.3, -0.25) is 0 Å². The highest BCUT2D eigenvalue weighted by atomic mass is 15.2. The van der Waals surface area contributed by atoms with E-state index >= 15 is 0 Å². The van der Waals surface area contributed by atoms with Crippen molar-refractivity contribution in [2.24, 2.45) is 0 Å². The molecule has 2 aliphatic rings. The largest absolute Gasteiger partial charge is 0.338 e. The Labute approximate surface area is 203 Å². The minimum Gasteiger partial charge on any atom is -0.338 e. The molecule has 0 radical (unpaired) electrons. The summed E-state index contributed by atoms with van der Waals surface area (Å²) in [5.74, 6) is 0.684. The van der Waals surface area contributed by atoms with Crippen molar-refractivity contribution >= 4 is 23.0 Å². The van der Waals surface area contributed by atoms with Gasteiger partial charge < -0.3 is 4.90 Å². The van der Waals surface area contributed by atoms with Gasteiger partial charge in [0.15, 0.2) is 0 Å². The molecule has 2 atom stereocenters. The third kappa shape index (κ3) is 3.76. The third-order valence-electron chi connectivity index (χ3n) is 7.62. The van der Waals surface area contributed by atoms with E-state index in [9.17, 15) is 0 Å². The molecule has 1 heterocycles. The zero-order valence-corrected chi connectivity index (χ0v) is 19.8. The van der Waals surface area contributed by atoms with E-state index in [2.05, 4.69) is 121 Å². The maximum Gasteiger partial charge on any atom is 0.0449 e. The lowest BCUT2D eigenvalue weighted by molar-refractivity contribution is 0.641. The van der Waals surface area contributed by atoms with Gasteiger partial charge in [0.05, 0.1) is 0 Å². The maximum atomic E-state index is 2.62. The average molecular weight is 442 g/mol. The summed E-state index contributed by atoms with van der Waals surface area (Å²) in [5, 5.41) is 0. The predicted molar refractivity (Wildman–Crippen MR) is 145 cm³/mol. The topological polar surface area (TPSA) is 3.24 Å². The number of anilines is 2. The van der Waals surface area contributed by atoms with Gasteiger partial charge in [0.2, 0.25) is 0 Å². The van der Waals surface area contributed by atoms with Gasteiger partial charge >= 0.3 is 0 Å². The van der Waals surface area contributed by atoms with Gasteiger partial charge in [-0.15, -0.1) is 0 Å². The fraction of sp³-hybridized carbons (Fsp3) is 0.212. The van der Waals surface area contributed by atoms with Crippen molar-refractivity contribution < 1.29 is 0 Å². The summed E-state index contributed by atoms with van der Waals surface area (Å²) < 4.78 is 0. The number of aryl methyl sites for hydroxylation is 1. The number of rotatable bonds is 5. The zero-order valence-electron chi connectivity index (χ0n) is 19.8. The van der Waals surface area contributed by atoms with Crippen LogP contribution in [0.5, 0.6) is 0 Å². The standard InChI is InChI=1S/C33H31N/c1-2-24-18-21-33-31(22-24)29-14-9-15-32(29)34(33)28-19-16-25(17-20-28)23-30(26-10-5-3-6-11-26)27-12-7-4-8-13-27/h3-8,10-13,16-23,29,32H,2,9,14-15H2,1H3. The van der Waals surface area contributed by atoms with Crippen molar-refractivity contribution in [2.75, 3.05) is 4.90 Å². The number of hydrogen-bond donors (Lipinski definition) is 0. The molecule has 6 rings (SSSR count). The van der Waals surface area contributed by atoms with Crippen molar-refractivity contribution in [1.29, 1.82) is 0 Å². The summed E-state index contributed by atoms with van der Waals surface area (Å²) in [6, 6.07) is 38.3. The second-order valence-electron chi connectivity index (χ2n) is 9.60. The zero-order chi connectivity index (χ0) is 22.9. The van der Waals surface area contributed by atoms with Crippen LogP contribution >= 0.6 is 0 Å². The van der Waals surface area contributed by atoms with Gasteiger partial charge in [-0.1, -0.05) is 98.3 Å². The molecule has 1 aliphatic heterocycles. The first-order valence-corrected chi connectivity index (χ1v) is 12.7. The summed E-state index contributed by atoms with van der Waals surface area (Å²) in [4.78, 5) is 2.62. The lowest BCUT2D eigenvalue weighted by Crippen LogP contribution is -2.26. The molecule has 1 saturated carbocycles. The van der Waals surface area contributed by atoms with Gasteiger partial charge in [0.1, 0.15) is 0 Å². The van der Waals surface area contributed by atoms with Crippen molar-refractivity contribution in [3.8, 4) is 0 Å². The predicted octanol–water partition coefficient (Wildman–Crippen LogP) is 8.63. The number of nitrogens with zero attached hydrogens (tertiary/aromatic N) is 1. The molecule has 4 aromatic rings. The second-order valence-corrected chi connectivity index (χ2v) is 9.60. The molecule has 0 bridgehead atoms. The molecular weight excluding hydrogens is 410 g/mol. The van der Waals surface area contributed by atoms with Crippen LogP contribution in [0.4, 0.5) is 11.4 Å². The van der Waals surface area contributed by atoms with Crippen LogP contribution < -0.4 is 4.90 Å². The van der Waals surface area contributed by atoms with Crippen molar-refractivity contribution in [1.82, 2.24) is 0 Å². The van der Waals surface area contributed by atoms with Crippen LogP contribution in [0.1, 0.15) is 59.9 Å². The molecule has 1 fully saturated rings. The Morgan fingerprint density at radius 2 is 1.47 bits per heavy atom. The van der Waals surface area contributed by atoms with Crippen LogP contribution in [-0.4, -0.2) is 6.04 Å². The van der Waals surface area contributed by atoms with Crippen LogP contribution in [0.2, 0.25) is 0 Å². The maximum absolute atomic E-state index is 2.62. The molecule has 0 aromatic heterocycles. The van der Waals surface area contributed by atoms with Crippen molar-refractivity contribution in [2.45, 2.75) is 44.6 Å². The fourth-order valence-corrected chi connectivity index (χ4v) is 5.93. The highest BCUT2D eigenvalue weighted by molar-refractivity contribution is 5.91. The van der Waals surface area contributed by atoms with E-state index < -0.39 is 0 Å². The third-order valence-corrected chi connectivity index (χ3v) is 7.62. The molecule has 0 spiro atoms. The Hall–Kier alpha value is -3.58. The van der Waals surface area contributed by atoms with E-state index in [1.54, 1.807) is 5.56 Å². The number of benzene rings is 4. The lowest BCUT2D eigenvalue weighted by Gasteiger charge is -2.27. The average Bonchev–Trinajstić information content (AvgIpc) is 3.49. The Morgan fingerprint density at radius 3 is 2.12 bits per heavy atom. The van der Waals surface area contributed by atoms with E-state index in [0.29, 0.717) is 12.0 Å². The molecule has 0 N–H and O–H groups in total. The Kier molecular flexibility index (Phi) is 5.55. The highest BCUT2D eigenvalue weighted by Crippen LogP contribution is 2.52. The number of hydrogen-bond acceptors (Lipinski definition) is 1. The molecule has 1 nitrogen and oxygen atoms in total. The van der Waals surface area contributed by atoms with Gasteiger partial charge in [0.25, 0.3) is 0 Å². The molecule has 34 heavy (non-hydrogen) atoms. The Bertz CT molecular complexity index is 1260. The summed E-state index contributed by atoms with van der Waals surface area (Å²) in [6.45, 7) is 2.26. The quantitative estimate of drug-likeness (QED) is 0.280. The first-order valence-electron chi connectivity index (χ1n) is 12.7. The van der Waals surface area contributed by atoms with Crippen LogP contribution in [0, 0.1) is 0 Å². The van der Waals surface area contributed by atoms with Crippen LogP contribution in [-0.2, 0) is 6.42 Å². The molecule has 2 unspecified atom stereocenters. The molecule has 1 aliphatic carbocycles. The number of fused-ring (bicyclic) bond motifs is 3. The fourth-order valence-electron chi connectivity index (χ4n) is 5.93. The summed E-state index contributed by atoms with van der Waals surface area (Å²) in [7, 11) is 0. The van der Waals surface area contributed by atoms with Crippen molar-refractivity contribution in [3.63, 3.8) is 0 Å². The van der Waals surface area contributed by atoms with Gasteiger partial charge in [-0.2, -0.15) is 0 Å². The van der Waals surface area contributed by atoms with Gasteiger partial charge in [0, 0.05) is 23.3 Å². The smallest absolute Gasteiger partial charge is 0.0449 e. The molecule has 0 amide bonds.